The van der Waals surface area contributed by atoms with Crippen LogP contribution in [0.1, 0.15) is 35.1 Å². The summed E-state index contributed by atoms with van der Waals surface area (Å²) < 4.78 is 0. The van der Waals surface area contributed by atoms with Crippen molar-refractivity contribution in [2.45, 2.75) is 40.7 Å². The monoisotopic (exact) mass is 176 g/mol. The summed E-state index contributed by atoms with van der Waals surface area (Å²) in [4.78, 5) is 0. The lowest BCUT2D eigenvalue weighted by molar-refractivity contribution is 0.0399. The molecule has 0 spiro atoms. The molecular formula is C10H24O2. The van der Waals surface area contributed by atoms with Crippen molar-refractivity contribution in [1.29, 1.82) is 0 Å². The van der Waals surface area contributed by atoms with E-state index in [1.165, 1.54) is 0 Å². The average molecular weight is 176 g/mol. The second-order valence-corrected chi connectivity index (χ2v) is 3.22. The van der Waals surface area contributed by atoms with Crippen molar-refractivity contribution in [3.8, 4) is 0 Å². The number of hydrogen-bond donors (Lipinski definition) is 2. The maximum absolute atomic E-state index is 9.40. The Bertz CT molecular complexity index is 111. The summed E-state index contributed by atoms with van der Waals surface area (Å²) in [7, 11) is 1.00. The van der Waals surface area contributed by atoms with Crippen LogP contribution in [0.15, 0.2) is 12.2 Å². The van der Waals surface area contributed by atoms with Gasteiger partial charge in [-0.2, -0.15) is 0 Å². The minimum Gasteiger partial charge on any atom is -0.400 e. The van der Waals surface area contributed by atoms with Gasteiger partial charge in [0, 0.05) is 13.0 Å². The number of hydrogen-bond acceptors (Lipinski definition) is 2. The molecule has 0 radical (unpaired) electrons. The van der Waals surface area contributed by atoms with Gasteiger partial charge < -0.3 is 10.2 Å². The highest BCUT2D eigenvalue weighted by molar-refractivity contribution is 5.00. The molecule has 0 fully saturated rings. The SMILES string of the molecule is C.C=C(C)C(C)C(C)(C)O.CO. The molecule has 0 aromatic carbocycles. The topological polar surface area (TPSA) is 40.5 Å². The van der Waals surface area contributed by atoms with Gasteiger partial charge in [0.25, 0.3) is 0 Å². The molecule has 0 aliphatic rings. The summed E-state index contributed by atoms with van der Waals surface area (Å²) in [6, 6.07) is 0. The van der Waals surface area contributed by atoms with E-state index in [4.69, 9.17) is 5.11 Å². The molecule has 2 N–H and O–H groups in total. The molecule has 12 heavy (non-hydrogen) atoms. The van der Waals surface area contributed by atoms with Gasteiger partial charge in [0.1, 0.15) is 0 Å². The molecule has 1 atom stereocenters. The fourth-order valence-electron chi connectivity index (χ4n) is 0.603. The highest BCUT2D eigenvalue weighted by Crippen LogP contribution is 2.21. The average Bonchev–Trinajstić information content (AvgIpc) is 1.89. The second kappa shape index (κ2) is 7.32. The molecule has 0 aliphatic heterocycles. The second-order valence-electron chi connectivity index (χ2n) is 3.22. The smallest absolute Gasteiger partial charge is 0.0653 e. The normalized spacial score (nSPS) is 11.9. The van der Waals surface area contributed by atoms with E-state index in [0.29, 0.717) is 0 Å². The maximum Gasteiger partial charge on any atom is 0.0653 e. The van der Waals surface area contributed by atoms with E-state index in [1.54, 1.807) is 13.8 Å². The van der Waals surface area contributed by atoms with Crippen molar-refractivity contribution in [2.24, 2.45) is 5.92 Å². The van der Waals surface area contributed by atoms with Crippen molar-refractivity contribution in [2.75, 3.05) is 7.11 Å². The molecule has 0 saturated heterocycles. The van der Waals surface area contributed by atoms with Crippen molar-refractivity contribution < 1.29 is 10.2 Å². The third-order valence-corrected chi connectivity index (χ3v) is 1.80. The fourth-order valence-corrected chi connectivity index (χ4v) is 0.603. The Morgan fingerprint density at radius 3 is 1.58 bits per heavy atom. The molecule has 0 aromatic rings. The Labute approximate surface area is 76.9 Å². The van der Waals surface area contributed by atoms with Gasteiger partial charge in [-0.1, -0.05) is 26.5 Å². The van der Waals surface area contributed by atoms with Crippen LogP contribution in [-0.4, -0.2) is 22.9 Å². The molecule has 1 unspecified atom stereocenters. The minimum absolute atomic E-state index is 0. The lowest BCUT2D eigenvalue weighted by atomic mass is 9.88. The largest absolute Gasteiger partial charge is 0.400 e. The first-order valence-corrected chi connectivity index (χ1v) is 3.68. The van der Waals surface area contributed by atoms with Gasteiger partial charge >= 0.3 is 0 Å². The molecule has 0 rings (SSSR count). The van der Waals surface area contributed by atoms with E-state index >= 15 is 0 Å². The zero-order valence-corrected chi connectivity index (χ0v) is 8.18. The summed E-state index contributed by atoms with van der Waals surface area (Å²) >= 11 is 0. The Morgan fingerprint density at radius 2 is 1.58 bits per heavy atom. The molecule has 0 amide bonds. The number of aliphatic hydroxyl groups is 2. The predicted molar refractivity (Wildman–Crippen MR) is 55.1 cm³/mol. The van der Waals surface area contributed by atoms with E-state index in [-0.39, 0.29) is 13.3 Å². The van der Waals surface area contributed by atoms with Crippen LogP contribution in [-0.2, 0) is 0 Å². The summed E-state index contributed by atoms with van der Waals surface area (Å²) in [5.74, 6) is 0.178. The molecule has 0 heterocycles. The predicted octanol–water partition coefficient (Wildman–Crippen LogP) is 2.21. The van der Waals surface area contributed by atoms with E-state index in [1.807, 2.05) is 13.8 Å². The standard InChI is InChI=1S/C8H16O.CH4O.CH4/c1-6(2)7(3)8(4,5)9;1-2;/h7,9H,1H2,2-5H3;2H,1H3;1H4. The third kappa shape index (κ3) is 7.76. The summed E-state index contributed by atoms with van der Waals surface area (Å²) in [6.45, 7) is 11.3. The minimum atomic E-state index is -0.619. The zero-order chi connectivity index (χ0) is 9.65. The highest BCUT2D eigenvalue weighted by Gasteiger charge is 2.21. The summed E-state index contributed by atoms with van der Waals surface area (Å²) in [5.41, 5.74) is 0.411. The van der Waals surface area contributed by atoms with Crippen molar-refractivity contribution in [3.63, 3.8) is 0 Å². The van der Waals surface area contributed by atoms with Gasteiger partial charge in [-0.05, 0) is 20.8 Å². The van der Waals surface area contributed by atoms with Gasteiger partial charge in [-0.15, -0.1) is 0 Å². The molecule has 2 heteroatoms. The molecule has 76 valence electrons. The fraction of sp³-hybridized carbons (Fsp3) is 0.800. The quantitative estimate of drug-likeness (QED) is 0.633. The van der Waals surface area contributed by atoms with Crippen LogP contribution >= 0.6 is 0 Å². The van der Waals surface area contributed by atoms with Gasteiger partial charge in [-0.3, -0.25) is 0 Å². The summed E-state index contributed by atoms with van der Waals surface area (Å²) in [6.07, 6.45) is 0. The first-order chi connectivity index (χ1) is 4.85. The van der Waals surface area contributed by atoms with E-state index < -0.39 is 5.60 Å². The molecule has 2 nitrogen and oxygen atoms in total. The van der Waals surface area contributed by atoms with Crippen LogP contribution in [0, 0.1) is 5.92 Å². The lowest BCUT2D eigenvalue weighted by Gasteiger charge is -2.25. The Balaban J connectivity index is -0.000000249. The molecule has 0 saturated carbocycles. The van der Waals surface area contributed by atoms with Gasteiger partial charge in [0.2, 0.25) is 0 Å². The highest BCUT2D eigenvalue weighted by atomic mass is 16.3. The summed E-state index contributed by atoms with van der Waals surface area (Å²) in [5, 5.41) is 16.4. The van der Waals surface area contributed by atoms with E-state index in [0.717, 1.165) is 12.7 Å². The van der Waals surface area contributed by atoms with E-state index in [9.17, 15) is 5.11 Å². The maximum atomic E-state index is 9.40. The van der Waals surface area contributed by atoms with Gasteiger partial charge in [-0.25, -0.2) is 0 Å². The van der Waals surface area contributed by atoms with Gasteiger partial charge in [0.05, 0.1) is 5.60 Å². The van der Waals surface area contributed by atoms with Crippen LogP contribution in [0.5, 0.6) is 0 Å². The van der Waals surface area contributed by atoms with Crippen LogP contribution < -0.4 is 0 Å². The van der Waals surface area contributed by atoms with Crippen LogP contribution in [0.4, 0.5) is 0 Å². The molecule has 0 aliphatic carbocycles. The van der Waals surface area contributed by atoms with Crippen molar-refractivity contribution in [3.05, 3.63) is 12.2 Å². The first kappa shape index (κ1) is 17.7. The Morgan fingerprint density at radius 1 is 1.33 bits per heavy atom. The lowest BCUT2D eigenvalue weighted by Crippen LogP contribution is -2.28. The molecule has 0 aromatic heterocycles. The van der Waals surface area contributed by atoms with Crippen LogP contribution in [0.25, 0.3) is 0 Å². The number of rotatable bonds is 2. The Kier molecular flexibility index (Phi) is 10.8. The molecular weight excluding hydrogens is 152 g/mol. The van der Waals surface area contributed by atoms with Crippen LogP contribution in [0.3, 0.4) is 0 Å². The van der Waals surface area contributed by atoms with Crippen molar-refractivity contribution >= 4 is 0 Å². The third-order valence-electron chi connectivity index (χ3n) is 1.80. The van der Waals surface area contributed by atoms with Crippen molar-refractivity contribution in [1.82, 2.24) is 0 Å². The number of aliphatic hydroxyl groups excluding tert-OH is 1. The first-order valence-electron chi connectivity index (χ1n) is 3.68. The van der Waals surface area contributed by atoms with Crippen LogP contribution in [0.2, 0.25) is 0 Å². The molecule has 0 bridgehead atoms. The van der Waals surface area contributed by atoms with E-state index in [2.05, 4.69) is 6.58 Å². The zero-order valence-electron chi connectivity index (χ0n) is 8.18. The Hall–Kier alpha value is -0.340. The van der Waals surface area contributed by atoms with Gasteiger partial charge in [0.15, 0.2) is 0 Å².